The zero-order valence-electron chi connectivity index (χ0n) is 48.6. The topological polar surface area (TPSA) is 9.72 Å². The van der Waals surface area contributed by atoms with Crippen molar-refractivity contribution in [1.29, 1.82) is 0 Å². The van der Waals surface area contributed by atoms with Gasteiger partial charge in [-0.1, -0.05) is 192 Å². The van der Waals surface area contributed by atoms with E-state index < -0.39 is 0 Å². The fourth-order valence-electron chi connectivity index (χ4n) is 15.9. The van der Waals surface area contributed by atoms with Gasteiger partial charge in [0, 0.05) is 50.8 Å². The van der Waals surface area contributed by atoms with Gasteiger partial charge in [-0.25, -0.2) is 0 Å². The Kier molecular flexibility index (Phi) is 10.7. The van der Waals surface area contributed by atoms with Crippen molar-refractivity contribution >= 4 is 68.6 Å². The van der Waals surface area contributed by atoms with Gasteiger partial charge in [-0.3, -0.25) is 0 Å². The number of hydrogen-bond donors (Lipinski definition) is 0. The molecule has 4 heteroatoms. The van der Waals surface area contributed by atoms with Crippen molar-refractivity contribution in [3.8, 4) is 22.3 Å². The van der Waals surface area contributed by atoms with Gasteiger partial charge in [0.1, 0.15) is 0 Å². The van der Waals surface area contributed by atoms with Crippen molar-refractivity contribution in [3.63, 3.8) is 0 Å². The van der Waals surface area contributed by atoms with E-state index in [9.17, 15) is 0 Å². The lowest BCUT2D eigenvalue weighted by atomic mass is 9.33. The molecule has 6 aliphatic rings. The van der Waals surface area contributed by atoms with Gasteiger partial charge in [-0.2, -0.15) is 0 Å². The van der Waals surface area contributed by atoms with Crippen molar-refractivity contribution in [2.45, 2.75) is 156 Å². The third kappa shape index (κ3) is 7.50. The van der Waals surface area contributed by atoms with Gasteiger partial charge in [0.25, 0.3) is 6.71 Å². The van der Waals surface area contributed by atoms with Crippen LogP contribution >= 0.6 is 0 Å². The zero-order chi connectivity index (χ0) is 54.1. The minimum absolute atomic E-state index is 0.0163. The lowest BCUT2D eigenvalue weighted by Gasteiger charge is -2.51. The molecule has 3 heterocycles. The standard InChI is InChI=1S/C74H78BN3/c1-69(2,3)54-27-31-62(58(39-54)48-23-17-14-18-24-48)77-64-30-26-49(47-21-15-13-16-22-47)36-60(64)75-61-37-52-45-72(9,10)46-53(52)38-65(61)76(56-29-25-50-43-71(7,8)44-51(50)35-56)66-41-57(42-67(77)68(66)75)78-63-32-28-55(70(4,5)6)40-59(63)73(11)33-19-20-34-74(73,78)12/h13-18,21-32,35-42H,19-20,33-34,43-46H2,1-12H3. The molecule has 0 bridgehead atoms. The van der Waals surface area contributed by atoms with Gasteiger partial charge >= 0.3 is 0 Å². The summed E-state index contributed by atoms with van der Waals surface area (Å²) in [6, 6.07) is 62.9. The number of benzene rings is 8. The monoisotopic (exact) mass is 1020 g/mol. The normalized spacial score (nSPS) is 21.1. The SMILES string of the molecule is CC1(C)Cc2ccc(N3c4cc5c(cc4B4c6cc(-c7ccccc7)ccc6N(c6ccc(C(C)(C)C)cc6-c6ccccc6)c6cc(N7c8ccc(C(C)(C)C)cc8C8(C)CCCCC78C)cc3c64)CC(C)(C)C5)cc2C1. The average molecular weight is 1020 g/mol. The summed E-state index contributed by atoms with van der Waals surface area (Å²) in [6.45, 7) is 29.2. The first-order chi connectivity index (χ1) is 37.1. The Labute approximate surface area is 466 Å². The van der Waals surface area contributed by atoms with E-state index in [-0.39, 0.29) is 39.3 Å². The van der Waals surface area contributed by atoms with Gasteiger partial charge in [0.2, 0.25) is 0 Å². The van der Waals surface area contributed by atoms with Crippen LogP contribution in [0.1, 0.15) is 148 Å². The fraction of sp³-hybridized carbons (Fsp3) is 0.351. The van der Waals surface area contributed by atoms with Crippen molar-refractivity contribution in [2.24, 2.45) is 10.8 Å². The molecule has 0 saturated heterocycles. The summed E-state index contributed by atoms with van der Waals surface area (Å²) in [5, 5.41) is 0. The number of fused-ring (bicyclic) bond motifs is 9. The highest BCUT2D eigenvalue weighted by Gasteiger charge is 2.58. The highest BCUT2D eigenvalue weighted by Crippen LogP contribution is 2.62. The minimum Gasteiger partial charge on any atom is -0.334 e. The molecule has 0 amide bonds. The maximum absolute atomic E-state index is 2.86. The molecule has 3 aliphatic carbocycles. The van der Waals surface area contributed by atoms with Crippen LogP contribution in [0.15, 0.2) is 158 Å². The van der Waals surface area contributed by atoms with Gasteiger partial charge < -0.3 is 14.7 Å². The van der Waals surface area contributed by atoms with Crippen molar-refractivity contribution in [2.75, 3.05) is 14.7 Å². The average Bonchev–Trinajstić information content (AvgIpc) is 2.94. The summed E-state index contributed by atoms with van der Waals surface area (Å²) >= 11 is 0. The van der Waals surface area contributed by atoms with Crippen molar-refractivity contribution in [3.05, 3.63) is 197 Å². The van der Waals surface area contributed by atoms with Gasteiger partial charge in [0.05, 0.1) is 11.2 Å². The zero-order valence-corrected chi connectivity index (χ0v) is 48.6. The second-order valence-electron chi connectivity index (χ2n) is 28.8. The molecule has 3 nitrogen and oxygen atoms in total. The van der Waals surface area contributed by atoms with E-state index in [2.05, 4.69) is 256 Å². The van der Waals surface area contributed by atoms with Gasteiger partial charge in [-0.15, -0.1) is 0 Å². The first kappa shape index (κ1) is 49.5. The highest BCUT2D eigenvalue weighted by atomic mass is 15.3. The third-order valence-corrected chi connectivity index (χ3v) is 20.0. The van der Waals surface area contributed by atoms with E-state index in [4.69, 9.17) is 0 Å². The molecule has 0 aromatic heterocycles. The van der Waals surface area contributed by atoms with Crippen LogP contribution in [0.25, 0.3) is 22.3 Å². The fourth-order valence-corrected chi connectivity index (χ4v) is 15.9. The van der Waals surface area contributed by atoms with E-state index >= 15 is 0 Å². The Balaban J connectivity index is 1.13. The second-order valence-corrected chi connectivity index (χ2v) is 28.8. The highest BCUT2D eigenvalue weighted by molar-refractivity contribution is 7.00. The predicted octanol–water partition coefficient (Wildman–Crippen LogP) is 17.7. The maximum atomic E-state index is 2.86. The molecule has 8 aromatic carbocycles. The predicted molar refractivity (Wildman–Crippen MR) is 334 cm³/mol. The Morgan fingerprint density at radius 1 is 0.410 bits per heavy atom. The van der Waals surface area contributed by atoms with E-state index in [1.807, 2.05) is 0 Å². The number of rotatable bonds is 5. The third-order valence-electron chi connectivity index (χ3n) is 20.0. The molecule has 2 atom stereocenters. The lowest BCUT2D eigenvalue weighted by Crippen LogP contribution is -2.61. The lowest BCUT2D eigenvalue weighted by molar-refractivity contribution is 0.195. The Bertz CT molecular complexity index is 3780. The molecule has 0 radical (unpaired) electrons. The Hall–Kier alpha value is -6.78. The summed E-state index contributed by atoms with van der Waals surface area (Å²) in [5.41, 5.74) is 29.9. The van der Waals surface area contributed by atoms with Crippen LogP contribution in [0.4, 0.5) is 45.5 Å². The van der Waals surface area contributed by atoms with Crippen LogP contribution < -0.4 is 31.1 Å². The van der Waals surface area contributed by atoms with Crippen molar-refractivity contribution in [1.82, 2.24) is 0 Å². The number of hydrogen-bond acceptors (Lipinski definition) is 3. The first-order valence-electron chi connectivity index (χ1n) is 29.5. The van der Waals surface area contributed by atoms with Crippen molar-refractivity contribution < 1.29 is 0 Å². The van der Waals surface area contributed by atoms with Crippen LogP contribution in [0.3, 0.4) is 0 Å². The minimum atomic E-state index is -0.154. The Morgan fingerprint density at radius 2 is 0.974 bits per heavy atom. The van der Waals surface area contributed by atoms with Crippen LogP contribution in [-0.4, -0.2) is 12.3 Å². The molecular weight excluding hydrogens is 942 g/mol. The number of anilines is 8. The molecule has 1 fully saturated rings. The molecule has 78 heavy (non-hydrogen) atoms. The summed E-state index contributed by atoms with van der Waals surface area (Å²) < 4.78 is 0. The van der Waals surface area contributed by atoms with Gasteiger partial charge in [-0.05, 0) is 194 Å². The number of nitrogens with zero attached hydrogens (tertiary/aromatic N) is 3. The van der Waals surface area contributed by atoms with E-state index in [1.165, 1.54) is 142 Å². The van der Waals surface area contributed by atoms with Crippen LogP contribution in [0, 0.1) is 10.8 Å². The van der Waals surface area contributed by atoms with Crippen LogP contribution in [-0.2, 0) is 41.9 Å². The van der Waals surface area contributed by atoms with Crippen LogP contribution in [0.2, 0.25) is 0 Å². The summed E-state index contributed by atoms with van der Waals surface area (Å²) in [4.78, 5) is 8.32. The molecule has 2 unspecified atom stereocenters. The quantitative estimate of drug-likeness (QED) is 0.159. The molecular formula is C74H78BN3. The second kappa shape index (κ2) is 16.9. The van der Waals surface area contributed by atoms with E-state index in [1.54, 1.807) is 0 Å². The van der Waals surface area contributed by atoms with Gasteiger partial charge in [0.15, 0.2) is 0 Å². The van der Waals surface area contributed by atoms with Crippen LogP contribution in [0.5, 0.6) is 0 Å². The molecule has 1 saturated carbocycles. The smallest absolute Gasteiger partial charge is 0.252 e. The Morgan fingerprint density at radius 3 is 1.65 bits per heavy atom. The summed E-state index contributed by atoms with van der Waals surface area (Å²) in [5.74, 6) is 0. The molecule has 392 valence electrons. The first-order valence-corrected chi connectivity index (χ1v) is 29.5. The summed E-state index contributed by atoms with van der Waals surface area (Å²) in [7, 11) is 0. The molecule has 0 N–H and O–H groups in total. The molecule has 3 aliphatic heterocycles. The molecule has 0 spiro atoms. The summed E-state index contributed by atoms with van der Waals surface area (Å²) in [6.07, 6.45) is 9.15. The molecule has 8 aromatic rings. The van der Waals surface area contributed by atoms with E-state index in [0.717, 1.165) is 32.1 Å². The molecule has 14 rings (SSSR count). The largest absolute Gasteiger partial charge is 0.334 e. The van der Waals surface area contributed by atoms with E-state index in [0.29, 0.717) is 0 Å². The maximum Gasteiger partial charge on any atom is 0.252 e.